The number of nitrogens with zero attached hydrogens (tertiary/aromatic N) is 1. The first-order valence-corrected chi connectivity index (χ1v) is 10.6. The molecular weight excluding hydrogens is 433 g/mol. The number of halogens is 4. The molecule has 0 unspecified atom stereocenters. The molecule has 0 aliphatic heterocycles. The number of rotatable bonds is 4. The molecule has 0 radical (unpaired) electrons. The second kappa shape index (κ2) is 8.29. The summed E-state index contributed by atoms with van der Waals surface area (Å²) in [6.45, 7) is 0. The molecule has 1 aliphatic rings. The van der Waals surface area contributed by atoms with Gasteiger partial charge < -0.3 is 10.4 Å². The summed E-state index contributed by atoms with van der Waals surface area (Å²) >= 11 is 5.99. The highest BCUT2D eigenvalue weighted by Gasteiger charge is 2.34. The molecule has 0 atom stereocenters. The van der Waals surface area contributed by atoms with Crippen LogP contribution in [0.3, 0.4) is 0 Å². The zero-order valence-electron chi connectivity index (χ0n) is 14.8. The summed E-state index contributed by atoms with van der Waals surface area (Å²) in [6, 6.07) is 3.49. The van der Waals surface area contributed by atoms with Gasteiger partial charge in [0.2, 0.25) is 0 Å². The Hall–Kier alpha value is -2.17. The molecule has 156 valence electrons. The van der Waals surface area contributed by atoms with Crippen LogP contribution in [-0.4, -0.2) is 35.8 Å². The molecule has 1 fully saturated rings. The molecule has 1 aromatic carbocycles. The molecule has 2 aromatic rings. The molecule has 0 bridgehead atoms. The molecule has 1 aromatic heterocycles. The first-order valence-electron chi connectivity index (χ1n) is 8.64. The maximum absolute atomic E-state index is 13.3. The van der Waals surface area contributed by atoms with Crippen LogP contribution in [0.4, 0.5) is 18.9 Å². The van der Waals surface area contributed by atoms with Gasteiger partial charge in [-0.2, -0.15) is 0 Å². The number of aliphatic hydroxyl groups excluding tert-OH is 1. The summed E-state index contributed by atoms with van der Waals surface area (Å²) in [5.74, 6) is -5.62. The van der Waals surface area contributed by atoms with E-state index in [0.29, 0.717) is 25.0 Å². The third-order valence-electron chi connectivity index (χ3n) is 4.64. The third kappa shape index (κ3) is 4.54. The highest BCUT2D eigenvalue weighted by molar-refractivity contribution is 7.92. The van der Waals surface area contributed by atoms with Gasteiger partial charge in [-0.15, -0.1) is 0 Å². The van der Waals surface area contributed by atoms with E-state index in [9.17, 15) is 31.5 Å². The predicted octanol–water partition coefficient (Wildman–Crippen LogP) is 3.48. The van der Waals surface area contributed by atoms with E-state index < -0.39 is 49.6 Å². The van der Waals surface area contributed by atoms with Gasteiger partial charge in [-0.25, -0.2) is 26.6 Å². The zero-order chi connectivity index (χ0) is 21.3. The normalized spacial score (nSPS) is 19.8. The molecule has 3 rings (SSSR count). The number of hydrogen-bond donors (Lipinski definition) is 2. The minimum Gasteiger partial charge on any atom is -0.393 e. The number of benzene rings is 1. The van der Waals surface area contributed by atoms with E-state index in [1.807, 2.05) is 0 Å². The Kier molecular flexibility index (Phi) is 6.16. The van der Waals surface area contributed by atoms with Crippen molar-refractivity contribution in [3.8, 4) is 0 Å². The summed E-state index contributed by atoms with van der Waals surface area (Å²) in [6.07, 6.45) is 0.545. The summed E-state index contributed by atoms with van der Waals surface area (Å²) in [5, 5.41) is 10.2. The lowest BCUT2D eigenvalue weighted by atomic mass is 9.97. The SMILES string of the molecule is O=C(Nc1cc(F)c(F)c(F)c1)c1ccc(Cl)c(S(=O)(=O)[C@H]2CC[C@H](O)CC2)n1. The lowest BCUT2D eigenvalue weighted by Crippen LogP contribution is -2.30. The van der Waals surface area contributed by atoms with E-state index in [-0.39, 0.29) is 29.2 Å². The van der Waals surface area contributed by atoms with Gasteiger partial charge in [-0.1, -0.05) is 11.6 Å². The van der Waals surface area contributed by atoms with Gasteiger partial charge >= 0.3 is 0 Å². The predicted molar refractivity (Wildman–Crippen MR) is 99.0 cm³/mol. The Morgan fingerprint density at radius 2 is 1.69 bits per heavy atom. The van der Waals surface area contributed by atoms with E-state index in [0.717, 1.165) is 6.07 Å². The smallest absolute Gasteiger partial charge is 0.274 e. The van der Waals surface area contributed by atoms with Crippen molar-refractivity contribution in [3.05, 3.63) is 52.4 Å². The minimum atomic E-state index is -3.97. The van der Waals surface area contributed by atoms with Gasteiger partial charge in [0, 0.05) is 17.8 Å². The van der Waals surface area contributed by atoms with Crippen LogP contribution in [0, 0.1) is 17.5 Å². The molecule has 1 saturated carbocycles. The maximum atomic E-state index is 13.3. The van der Waals surface area contributed by atoms with Crippen LogP contribution in [0.5, 0.6) is 0 Å². The topological polar surface area (TPSA) is 96.4 Å². The highest BCUT2D eigenvalue weighted by atomic mass is 35.5. The van der Waals surface area contributed by atoms with Crippen molar-refractivity contribution in [1.29, 1.82) is 0 Å². The van der Waals surface area contributed by atoms with Crippen molar-refractivity contribution in [2.24, 2.45) is 0 Å². The molecule has 0 saturated heterocycles. The number of sulfone groups is 1. The standard InChI is InChI=1S/C18H16ClF3N2O4S/c19-12-5-6-15(17(26)23-9-7-13(20)16(22)14(21)8-9)24-18(12)29(27,28)11-3-1-10(25)2-4-11/h5-8,10-11,25H,1-4H2,(H,23,26)/t10-,11-. The fourth-order valence-corrected chi connectivity index (χ4v) is 5.29. The minimum absolute atomic E-state index is 0.174. The van der Waals surface area contributed by atoms with Crippen molar-refractivity contribution in [3.63, 3.8) is 0 Å². The average Bonchev–Trinajstić information content (AvgIpc) is 2.66. The van der Waals surface area contributed by atoms with Crippen molar-refractivity contribution in [2.45, 2.75) is 42.1 Å². The van der Waals surface area contributed by atoms with Crippen molar-refractivity contribution in [2.75, 3.05) is 5.32 Å². The number of hydrogen-bond acceptors (Lipinski definition) is 5. The molecule has 1 aliphatic carbocycles. The summed E-state index contributed by atoms with van der Waals surface area (Å²) in [5.41, 5.74) is -0.720. The number of aromatic nitrogens is 1. The van der Waals surface area contributed by atoms with Crippen LogP contribution < -0.4 is 5.32 Å². The van der Waals surface area contributed by atoms with Crippen LogP contribution >= 0.6 is 11.6 Å². The van der Waals surface area contributed by atoms with Gasteiger partial charge in [0.25, 0.3) is 5.91 Å². The van der Waals surface area contributed by atoms with E-state index >= 15 is 0 Å². The fourth-order valence-electron chi connectivity index (χ4n) is 3.09. The Morgan fingerprint density at radius 3 is 2.28 bits per heavy atom. The van der Waals surface area contributed by atoms with Crippen LogP contribution in [0.15, 0.2) is 29.3 Å². The number of carbonyl (C=O) groups excluding carboxylic acids is 1. The molecule has 6 nitrogen and oxygen atoms in total. The van der Waals surface area contributed by atoms with Crippen molar-refractivity contribution < 1.29 is 31.5 Å². The Bertz CT molecular complexity index is 1030. The first-order chi connectivity index (χ1) is 13.6. The Balaban J connectivity index is 1.87. The largest absolute Gasteiger partial charge is 0.393 e. The number of anilines is 1. The van der Waals surface area contributed by atoms with E-state index in [1.54, 1.807) is 0 Å². The lowest BCUT2D eigenvalue weighted by Gasteiger charge is -2.25. The summed E-state index contributed by atoms with van der Waals surface area (Å²) in [7, 11) is -3.97. The van der Waals surface area contributed by atoms with Gasteiger partial charge in [0.15, 0.2) is 32.3 Å². The second-order valence-electron chi connectivity index (χ2n) is 6.67. The first kappa shape index (κ1) is 21.5. The van der Waals surface area contributed by atoms with Gasteiger partial charge in [0.05, 0.1) is 16.4 Å². The average molecular weight is 449 g/mol. The van der Waals surface area contributed by atoms with Crippen LogP contribution in [0.25, 0.3) is 0 Å². The quantitative estimate of drug-likeness (QED) is 0.698. The molecular formula is C18H16ClF3N2O4S. The number of nitrogens with one attached hydrogen (secondary N) is 1. The van der Waals surface area contributed by atoms with Crippen LogP contribution in [0.1, 0.15) is 36.2 Å². The highest BCUT2D eigenvalue weighted by Crippen LogP contribution is 2.31. The molecule has 2 N–H and O–H groups in total. The number of carbonyl (C=O) groups is 1. The van der Waals surface area contributed by atoms with Crippen LogP contribution in [-0.2, 0) is 9.84 Å². The number of amides is 1. The third-order valence-corrected chi connectivity index (χ3v) is 7.26. The number of pyridine rings is 1. The van der Waals surface area contributed by atoms with Gasteiger partial charge in [-0.3, -0.25) is 4.79 Å². The van der Waals surface area contributed by atoms with E-state index in [4.69, 9.17) is 11.6 Å². The second-order valence-corrected chi connectivity index (χ2v) is 9.22. The maximum Gasteiger partial charge on any atom is 0.274 e. The monoisotopic (exact) mass is 448 g/mol. The van der Waals surface area contributed by atoms with E-state index in [2.05, 4.69) is 10.3 Å². The molecule has 0 spiro atoms. The fraction of sp³-hybridized carbons (Fsp3) is 0.333. The van der Waals surface area contributed by atoms with Crippen molar-refractivity contribution in [1.82, 2.24) is 4.98 Å². The summed E-state index contributed by atoms with van der Waals surface area (Å²) in [4.78, 5) is 16.2. The molecule has 11 heteroatoms. The van der Waals surface area contributed by atoms with Crippen molar-refractivity contribution >= 4 is 33.0 Å². The Labute approximate surface area is 169 Å². The molecule has 1 amide bonds. The summed E-state index contributed by atoms with van der Waals surface area (Å²) < 4.78 is 65.4. The van der Waals surface area contributed by atoms with Gasteiger partial charge in [0.1, 0.15) is 5.69 Å². The van der Waals surface area contributed by atoms with Crippen LogP contribution in [0.2, 0.25) is 5.02 Å². The molecule has 29 heavy (non-hydrogen) atoms. The van der Waals surface area contributed by atoms with Gasteiger partial charge in [-0.05, 0) is 37.8 Å². The van der Waals surface area contributed by atoms with E-state index in [1.165, 1.54) is 6.07 Å². The number of aliphatic hydroxyl groups is 1. The lowest BCUT2D eigenvalue weighted by molar-refractivity contribution is 0.102. The Morgan fingerprint density at radius 1 is 1.10 bits per heavy atom. The molecule has 1 heterocycles. The zero-order valence-corrected chi connectivity index (χ0v) is 16.4.